The SMILES string of the molecule is COc1ccc(NC(=O)CCN)cc1-n1cnnn1.Cl. The molecule has 0 fully saturated rings. The Balaban J connectivity index is 0.00000200. The van der Waals surface area contributed by atoms with E-state index in [0.29, 0.717) is 23.7 Å². The van der Waals surface area contributed by atoms with E-state index in [1.165, 1.54) is 11.0 Å². The van der Waals surface area contributed by atoms with Crippen molar-refractivity contribution in [3.8, 4) is 11.4 Å². The lowest BCUT2D eigenvalue weighted by atomic mass is 10.2. The number of hydrogen-bond donors (Lipinski definition) is 2. The van der Waals surface area contributed by atoms with Crippen molar-refractivity contribution < 1.29 is 9.53 Å². The van der Waals surface area contributed by atoms with E-state index in [9.17, 15) is 4.79 Å². The summed E-state index contributed by atoms with van der Waals surface area (Å²) >= 11 is 0. The number of nitrogens with one attached hydrogen (secondary N) is 1. The third-order valence-electron chi connectivity index (χ3n) is 2.43. The Morgan fingerprint density at radius 2 is 2.30 bits per heavy atom. The lowest BCUT2D eigenvalue weighted by molar-refractivity contribution is -0.116. The first kappa shape index (κ1) is 15.9. The zero-order valence-electron chi connectivity index (χ0n) is 10.8. The minimum Gasteiger partial charge on any atom is -0.494 e. The van der Waals surface area contributed by atoms with Crippen molar-refractivity contribution in [2.24, 2.45) is 5.73 Å². The molecule has 0 unspecified atom stereocenters. The summed E-state index contributed by atoms with van der Waals surface area (Å²) in [6.07, 6.45) is 1.72. The Morgan fingerprint density at radius 1 is 1.50 bits per heavy atom. The molecule has 0 radical (unpaired) electrons. The number of anilines is 1. The number of carbonyl (C=O) groups is 1. The fraction of sp³-hybridized carbons (Fsp3) is 0.273. The van der Waals surface area contributed by atoms with E-state index in [0.717, 1.165) is 0 Å². The summed E-state index contributed by atoms with van der Waals surface area (Å²) in [5, 5.41) is 13.7. The van der Waals surface area contributed by atoms with Crippen LogP contribution in [0, 0.1) is 0 Å². The van der Waals surface area contributed by atoms with Crippen LogP contribution in [0.3, 0.4) is 0 Å². The minimum absolute atomic E-state index is 0. The number of aromatic nitrogens is 4. The summed E-state index contributed by atoms with van der Waals surface area (Å²) in [5.41, 5.74) is 6.59. The third-order valence-corrected chi connectivity index (χ3v) is 2.43. The number of carbonyl (C=O) groups excluding carboxylic acids is 1. The number of nitrogens with two attached hydrogens (primary N) is 1. The Labute approximate surface area is 121 Å². The van der Waals surface area contributed by atoms with Crippen molar-refractivity contribution in [2.75, 3.05) is 19.0 Å². The van der Waals surface area contributed by atoms with Gasteiger partial charge in [0.05, 0.1) is 7.11 Å². The number of hydrogen-bond acceptors (Lipinski definition) is 6. The Bertz CT molecular complexity index is 560. The molecule has 3 N–H and O–H groups in total. The molecule has 0 aliphatic heterocycles. The van der Waals surface area contributed by atoms with Crippen molar-refractivity contribution in [2.45, 2.75) is 6.42 Å². The van der Waals surface area contributed by atoms with Gasteiger partial charge in [0.15, 0.2) is 0 Å². The largest absolute Gasteiger partial charge is 0.494 e. The third kappa shape index (κ3) is 3.65. The molecule has 1 aromatic heterocycles. The van der Waals surface area contributed by atoms with E-state index in [1.54, 1.807) is 25.3 Å². The van der Waals surface area contributed by atoms with Crippen LogP contribution >= 0.6 is 12.4 Å². The number of tetrazole rings is 1. The first-order chi connectivity index (χ1) is 9.24. The molecule has 0 atom stereocenters. The minimum atomic E-state index is -0.143. The Hall–Kier alpha value is -2.19. The lowest BCUT2D eigenvalue weighted by Crippen LogP contribution is -2.16. The molecule has 1 aromatic carbocycles. The molecule has 0 bridgehead atoms. The molecule has 0 saturated heterocycles. The number of ether oxygens (including phenoxy) is 1. The van der Waals surface area contributed by atoms with Crippen molar-refractivity contribution in [3.05, 3.63) is 24.5 Å². The monoisotopic (exact) mass is 298 g/mol. The molecule has 8 nitrogen and oxygen atoms in total. The number of halogens is 1. The van der Waals surface area contributed by atoms with E-state index >= 15 is 0 Å². The summed E-state index contributed by atoms with van der Waals surface area (Å²) in [7, 11) is 1.55. The van der Waals surface area contributed by atoms with Gasteiger partial charge in [-0.25, -0.2) is 0 Å². The van der Waals surface area contributed by atoms with Gasteiger partial charge in [-0.2, -0.15) is 4.68 Å². The van der Waals surface area contributed by atoms with Crippen LogP contribution in [0.1, 0.15) is 6.42 Å². The highest BCUT2D eigenvalue weighted by Crippen LogP contribution is 2.25. The molecule has 1 heterocycles. The molecule has 2 aromatic rings. The molecule has 0 saturated carbocycles. The van der Waals surface area contributed by atoms with Gasteiger partial charge < -0.3 is 15.8 Å². The van der Waals surface area contributed by atoms with E-state index in [1.807, 2.05) is 0 Å². The average Bonchev–Trinajstić information content (AvgIpc) is 2.92. The maximum absolute atomic E-state index is 11.5. The molecular weight excluding hydrogens is 284 g/mol. The van der Waals surface area contributed by atoms with E-state index in [-0.39, 0.29) is 24.7 Å². The zero-order valence-corrected chi connectivity index (χ0v) is 11.6. The van der Waals surface area contributed by atoms with E-state index in [4.69, 9.17) is 10.5 Å². The molecule has 1 amide bonds. The van der Waals surface area contributed by atoms with Gasteiger partial charge in [-0.05, 0) is 28.6 Å². The van der Waals surface area contributed by atoms with Crippen LogP contribution < -0.4 is 15.8 Å². The fourth-order valence-corrected chi connectivity index (χ4v) is 1.57. The molecule has 0 aliphatic carbocycles. The Morgan fingerprint density at radius 3 is 2.90 bits per heavy atom. The summed E-state index contributed by atoms with van der Waals surface area (Å²) < 4.78 is 6.68. The second-order valence-electron chi connectivity index (χ2n) is 3.73. The van der Waals surface area contributed by atoms with Crippen LogP contribution in [0.5, 0.6) is 5.75 Å². The summed E-state index contributed by atoms with van der Waals surface area (Å²) in [4.78, 5) is 11.5. The highest BCUT2D eigenvalue weighted by Gasteiger charge is 2.09. The first-order valence-corrected chi connectivity index (χ1v) is 5.66. The number of methoxy groups -OCH3 is 1. The van der Waals surface area contributed by atoms with E-state index in [2.05, 4.69) is 20.8 Å². The smallest absolute Gasteiger partial charge is 0.225 e. The van der Waals surface area contributed by atoms with Crippen molar-refractivity contribution in [3.63, 3.8) is 0 Å². The van der Waals surface area contributed by atoms with Crippen molar-refractivity contribution in [1.82, 2.24) is 20.2 Å². The molecule has 20 heavy (non-hydrogen) atoms. The molecule has 9 heteroatoms. The number of benzene rings is 1. The van der Waals surface area contributed by atoms with Crippen LogP contribution in [0.15, 0.2) is 24.5 Å². The first-order valence-electron chi connectivity index (χ1n) is 5.66. The number of nitrogens with zero attached hydrogens (tertiary/aromatic N) is 4. The second-order valence-corrected chi connectivity index (χ2v) is 3.73. The summed E-state index contributed by atoms with van der Waals surface area (Å²) in [6, 6.07) is 5.19. The van der Waals surface area contributed by atoms with Crippen LogP contribution in [-0.4, -0.2) is 39.8 Å². The topological polar surface area (TPSA) is 108 Å². The van der Waals surface area contributed by atoms with Crippen molar-refractivity contribution in [1.29, 1.82) is 0 Å². The van der Waals surface area contributed by atoms with Crippen LogP contribution in [0.4, 0.5) is 5.69 Å². The van der Waals surface area contributed by atoms with E-state index < -0.39 is 0 Å². The maximum Gasteiger partial charge on any atom is 0.225 e. The maximum atomic E-state index is 11.5. The summed E-state index contributed by atoms with van der Waals surface area (Å²) in [6.45, 7) is 0.307. The number of amides is 1. The predicted octanol–water partition coefficient (Wildman–Crippen LogP) is 0.380. The van der Waals surface area contributed by atoms with Crippen LogP contribution in [-0.2, 0) is 4.79 Å². The lowest BCUT2D eigenvalue weighted by Gasteiger charge is -2.10. The second kappa shape index (κ2) is 7.41. The number of rotatable bonds is 5. The normalized spacial score (nSPS) is 9.70. The molecule has 0 aliphatic rings. The molecule has 2 rings (SSSR count). The highest BCUT2D eigenvalue weighted by atomic mass is 35.5. The fourth-order valence-electron chi connectivity index (χ4n) is 1.57. The van der Waals surface area contributed by atoms with Gasteiger partial charge in [0.25, 0.3) is 0 Å². The van der Waals surface area contributed by atoms with Gasteiger partial charge in [0, 0.05) is 18.7 Å². The Kier molecular flexibility index (Phi) is 5.88. The predicted molar refractivity (Wildman–Crippen MR) is 75.3 cm³/mol. The van der Waals surface area contributed by atoms with Crippen LogP contribution in [0.25, 0.3) is 5.69 Å². The zero-order chi connectivity index (χ0) is 13.7. The molecule has 108 valence electrons. The summed E-state index contributed by atoms with van der Waals surface area (Å²) in [5.74, 6) is 0.458. The van der Waals surface area contributed by atoms with Gasteiger partial charge in [-0.1, -0.05) is 0 Å². The van der Waals surface area contributed by atoms with Gasteiger partial charge in [0.2, 0.25) is 5.91 Å². The van der Waals surface area contributed by atoms with Crippen LogP contribution in [0.2, 0.25) is 0 Å². The molecule has 0 spiro atoms. The molecular formula is C11H15ClN6O2. The quantitative estimate of drug-likeness (QED) is 0.826. The van der Waals surface area contributed by atoms with Gasteiger partial charge in [-0.3, -0.25) is 4.79 Å². The standard InChI is InChI=1S/C11H14N6O2.ClH/c1-19-10-3-2-8(14-11(18)4-5-12)6-9(10)17-7-13-15-16-17;/h2-3,6-7H,4-5,12H2,1H3,(H,14,18);1H. The van der Waals surface area contributed by atoms with Gasteiger partial charge in [-0.15, -0.1) is 17.5 Å². The van der Waals surface area contributed by atoms with Gasteiger partial charge >= 0.3 is 0 Å². The average molecular weight is 299 g/mol. The van der Waals surface area contributed by atoms with Gasteiger partial charge in [0.1, 0.15) is 17.8 Å². The van der Waals surface area contributed by atoms with Crippen molar-refractivity contribution >= 4 is 24.0 Å². The highest BCUT2D eigenvalue weighted by molar-refractivity contribution is 5.91.